The van der Waals surface area contributed by atoms with E-state index in [-0.39, 0.29) is 38.3 Å². The van der Waals surface area contributed by atoms with Crippen LogP contribution in [0.2, 0.25) is 0 Å². The summed E-state index contributed by atoms with van der Waals surface area (Å²) in [7, 11) is 3.17. The van der Waals surface area contributed by atoms with Crippen LogP contribution in [0.4, 0.5) is 0 Å². The van der Waals surface area contributed by atoms with Crippen molar-refractivity contribution in [3.63, 3.8) is 0 Å². The Morgan fingerprint density at radius 3 is 2.16 bits per heavy atom. The second kappa shape index (κ2) is 16.3. The maximum absolute atomic E-state index is 12.2. The van der Waals surface area contributed by atoms with Crippen molar-refractivity contribution in [2.75, 3.05) is 60.8 Å². The van der Waals surface area contributed by atoms with Crippen molar-refractivity contribution in [2.45, 2.75) is 13.5 Å². The van der Waals surface area contributed by atoms with Crippen LogP contribution < -0.4 is 14.2 Å². The molecule has 11 nitrogen and oxygen atoms in total. The second-order valence-electron chi connectivity index (χ2n) is 7.69. The maximum Gasteiger partial charge on any atom is 0.360 e. The summed E-state index contributed by atoms with van der Waals surface area (Å²) in [5, 5.41) is 3.86. The molecule has 0 saturated heterocycles. The van der Waals surface area contributed by atoms with Crippen molar-refractivity contribution in [3.05, 3.63) is 59.8 Å². The van der Waals surface area contributed by atoms with E-state index in [0.717, 1.165) is 5.56 Å². The topological polar surface area (TPSA) is 117 Å². The van der Waals surface area contributed by atoms with E-state index in [2.05, 4.69) is 5.16 Å². The molecule has 0 unspecified atom stereocenters. The Morgan fingerprint density at radius 1 is 0.842 bits per heavy atom. The number of benzene rings is 2. The summed E-state index contributed by atoms with van der Waals surface area (Å²) in [5.41, 5.74) is 1.39. The molecule has 0 aliphatic rings. The van der Waals surface area contributed by atoms with E-state index < -0.39 is 5.97 Å². The zero-order valence-electron chi connectivity index (χ0n) is 21.8. The van der Waals surface area contributed by atoms with E-state index in [0.29, 0.717) is 49.2 Å². The average molecular weight is 532 g/mol. The molecule has 0 N–H and O–H groups in total. The number of esters is 1. The monoisotopic (exact) mass is 531 g/mol. The van der Waals surface area contributed by atoms with Crippen molar-refractivity contribution in [2.24, 2.45) is 0 Å². The van der Waals surface area contributed by atoms with E-state index in [4.69, 9.17) is 42.4 Å². The number of carbonyl (C=O) groups excluding carboxylic acids is 1. The number of rotatable bonds is 18. The first kappa shape index (κ1) is 28.9. The molecule has 38 heavy (non-hydrogen) atoms. The quantitative estimate of drug-likeness (QED) is 0.134. The molecule has 0 amide bonds. The lowest BCUT2D eigenvalue weighted by atomic mass is 10.1. The van der Waals surface area contributed by atoms with Gasteiger partial charge in [0.2, 0.25) is 0 Å². The van der Waals surface area contributed by atoms with Crippen molar-refractivity contribution >= 4 is 5.97 Å². The number of ether oxygens (including phenoxy) is 8. The van der Waals surface area contributed by atoms with Crippen molar-refractivity contribution < 1.29 is 47.2 Å². The molecular weight excluding hydrogens is 498 g/mol. The van der Waals surface area contributed by atoms with Gasteiger partial charge in [0.1, 0.15) is 29.4 Å². The first-order chi connectivity index (χ1) is 18.7. The first-order valence-electron chi connectivity index (χ1n) is 12.0. The standard InChI is InChI=1S/C27H33NO10/c1-4-34-27(29)22-16-25(38-28-22)26-23(35-17-20-8-6-5-7-9-20)14-21(36-18-32-12-10-30-2)15-24(26)37-19-33-13-11-31-3/h5-9,14-16H,4,10-13,17-19H2,1-3H3. The molecular formula is C27H33NO10. The highest BCUT2D eigenvalue weighted by molar-refractivity contribution is 5.89. The smallest absolute Gasteiger partial charge is 0.360 e. The number of hydrogen-bond donors (Lipinski definition) is 0. The zero-order valence-corrected chi connectivity index (χ0v) is 21.8. The van der Waals surface area contributed by atoms with Crippen molar-refractivity contribution in [3.8, 4) is 28.6 Å². The highest BCUT2D eigenvalue weighted by atomic mass is 16.7. The molecule has 0 aliphatic heterocycles. The van der Waals surface area contributed by atoms with Gasteiger partial charge in [-0.1, -0.05) is 35.5 Å². The third kappa shape index (κ3) is 9.03. The average Bonchev–Trinajstić information content (AvgIpc) is 3.42. The second-order valence-corrected chi connectivity index (χ2v) is 7.69. The van der Waals surface area contributed by atoms with E-state index in [1.165, 1.54) is 6.07 Å². The molecule has 0 fully saturated rings. The highest BCUT2D eigenvalue weighted by Gasteiger charge is 2.23. The van der Waals surface area contributed by atoms with Gasteiger partial charge >= 0.3 is 5.97 Å². The highest BCUT2D eigenvalue weighted by Crippen LogP contribution is 2.43. The van der Waals surface area contributed by atoms with Crippen LogP contribution >= 0.6 is 0 Å². The van der Waals surface area contributed by atoms with E-state index in [1.54, 1.807) is 33.3 Å². The summed E-state index contributed by atoms with van der Waals surface area (Å²) < 4.78 is 49.4. The minimum absolute atomic E-state index is 0.0140. The summed E-state index contributed by atoms with van der Waals surface area (Å²) in [5.74, 6) is 0.762. The Morgan fingerprint density at radius 2 is 1.50 bits per heavy atom. The number of aromatic nitrogens is 1. The minimum atomic E-state index is -0.604. The van der Waals surface area contributed by atoms with Gasteiger partial charge in [0.05, 0.1) is 33.0 Å². The van der Waals surface area contributed by atoms with Crippen LogP contribution in [-0.2, 0) is 30.3 Å². The molecule has 1 aromatic heterocycles. The summed E-state index contributed by atoms with van der Waals surface area (Å²) in [6.07, 6.45) is 0. The maximum atomic E-state index is 12.2. The zero-order chi connectivity index (χ0) is 27.0. The Balaban J connectivity index is 1.94. The molecule has 0 atom stereocenters. The van der Waals surface area contributed by atoms with Gasteiger partial charge < -0.3 is 42.4 Å². The van der Waals surface area contributed by atoms with Crippen LogP contribution in [-0.4, -0.2) is 72.0 Å². The van der Waals surface area contributed by atoms with Gasteiger partial charge in [0.15, 0.2) is 25.0 Å². The molecule has 206 valence electrons. The van der Waals surface area contributed by atoms with Crippen molar-refractivity contribution in [1.82, 2.24) is 5.16 Å². The third-order valence-corrected chi connectivity index (χ3v) is 4.99. The number of carbonyl (C=O) groups is 1. The van der Waals surface area contributed by atoms with Gasteiger partial charge in [0.25, 0.3) is 0 Å². The van der Waals surface area contributed by atoms with Crippen molar-refractivity contribution in [1.29, 1.82) is 0 Å². The summed E-state index contributed by atoms with van der Waals surface area (Å²) in [4.78, 5) is 12.2. The van der Waals surface area contributed by atoms with Crippen LogP contribution in [0.25, 0.3) is 11.3 Å². The lowest BCUT2D eigenvalue weighted by molar-refractivity contribution is -0.0117. The Kier molecular flexibility index (Phi) is 12.4. The molecule has 0 bridgehead atoms. The molecule has 3 aromatic rings. The summed E-state index contributed by atoms with van der Waals surface area (Å²) in [6, 6.07) is 14.5. The molecule has 3 rings (SSSR count). The minimum Gasteiger partial charge on any atom is -0.488 e. The lowest BCUT2D eigenvalue weighted by Crippen LogP contribution is -2.10. The summed E-state index contributed by atoms with van der Waals surface area (Å²) in [6.45, 7) is 3.63. The number of nitrogens with zero attached hydrogens (tertiary/aromatic N) is 1. The number of methoxy groups -OCH3 is 2. The number of hydrogen-bond acceptors (Lipinski definition) is 11. The Labute approximate surface area is 221 Å². The van der Waals surface area contributed by atoms with Gasteiger partial charge in [-0.25, -0.2) is 4.79 Å². The molecule has 0 radical (unpaired) electrons. The van der Waals surface area contributed by atoms with Gasteiger partial charge in [-0.3, -0.25) is 0 Å². The molecule has 1 heterocycles. The lowest BCUT2D eigenvalue weighted by Gasteiger charge is -2.17. The van der Waals surface area contributed by atoms with Crippen LogP contribution in [0.3, 0.4) is 0 Å². The van der Waals surface area contributed by atoms with Crippen LogP contribution in [0.15, 0.2) is 53.1 Å². The predicted molar refractivity (Wildman–Crippen MR) is 135 cm³/mol. The summed E-state index contributed by atoms with van der Waals surface area (Å²) >= 11 is 0. The first-order valence-corrected chi connectivity index (χ1v) is 12.0. The fourth-order valence-corrected chi connectivity index (χ4v) is 3.17. The van der Waals surface area contributed by atoms with E-state index in [1.807, 2.05) is 30.3 Å². The van der Waals surface area contributed by atoms with Gasteiger partial charge in [-0.2, -0.15) is 0 Å². The van der Waals surface area contributed by atoms with Gasteiger partial charge in [-0.05, 0) is 12.5 Å². The molecule has 0 spiro atoms. The molecule has 0 aliphatic carbocycles. The van der Waals surface area contributed by atoms with Gasteiger partial charge in [0, 0.05) is 32.4 Å². The largest absolute Gasteiger partial charge is 0.488 e. The van der Waals surface area contributed by atoms with Crippen LogP contribution in [0, 0.1) is 0 Å². The third-order valence-electron chi connectivity index (χ3n) is 4.99. The van der Waals surface area contributed by atoms with Crippen LogP contribution in [0.5, 0.6) is 17.2 Å². The Hall–Kier alpha value is -3.64. The molecule has 2 aromatic carbocycles. The SMILES string of the molecule is CCOC(=O)c1cc(-c2c(OCOCCOC)cc(OCOCCOC)cc2OCc2ccccc2)on1. The fourth-order valence-electron chi connectivity index (χ4n) is 3.17. The van der Waals surface area contributed by atoms with E-state index in [9.17, 15) is 4.79 Å². The predicted octanol–water partition coefficient (Wildman–Crippen LogP) is 4.10. The van der Waals surface area contributed by atoms with Gasteiger partial charge in [-0.15, -0.1) is 0 Å². The molecule has 11 heteroatoms. The normalized spacial score (nSPS) is 10.8. The Bertz CT molecular complexity index is 1100. The fraction of sp³-hybridized carbons (Fsp3) is 0.407. The molecule has 0 saturated carbocycles. The van der Waals surface area contributed by atoms with E-state index >= 15 is 0 Å². The van der Waals surface area contributed by atoms with Crippen LogP contribution in [0.1, 0.15) is 23.0 Å².